The van der Waals surface area contributed by atoms with Crippen LogP contribution in [0.5, 0.6) is 0 Å². The number of carbonyl (C=O) groups is 2. The number of para-hydroxylation sites is 1. The van der Waals surface area contributed by atoms with Gasteiger partial charge in [0, 0.05) is 26.6 Å². The number of rotatable bonds is 6. The quantitative estimate of drug-likeness (QED) is 0.872. The van der Waals surface area contributed by atoms with Gasteiger partial charge in [0.1, 0.15) is 0 Å². The molecule has 124 valence electrons. The molecule has 1 aromatic rings. The molecule has 5 nitrogen and oxygen atoms in total. The Morgan fingerprint density at radius 3 is 2.43 bits per heavy atom. The Balaban J connectivity index is 1.75. The van der Waals surface area contributed by atoms with E-state index in [-0.39, 0.29) is 17.7 Å². The largest absolute Gasteiger partial charge is 0.391 e. The lowest BCUT2D eigenvalue weighted by Crippen LogP contribution is -2.37. The van der Waals surface area contributed by atoms with Gasteiger partial charge in [0.2, 0.25) is 5.91 Å². The van der Waals surface area contributed by atoms with Crippen molar-refractivity contribution >= 4 is 17.5 Å². The number of benzene rings is 1. The highest BCUT2D eigenvalue weighted by Crippen LogP contribution is 2.34. The van der Waals surface area contributed by atoms with Gasteiger partial charge >= 0.3 is 0 Å². The molecule has 1 aromatic carbocycles. The van der Waals surface area contributed by atoms with Crippen molar-refractivity contribution in [3.63, 3.8) is 0 Å². The van der Waals surface area contributed by atoms with Crippen molar-refractivity contribution in [2.24, 2.45) is 11.8 Å². The molecule has 23 heavy (non-hydrogen) atoms. The SMILES string of the molecule is CN(CC(O)C1CC1)C(=O)c1ccccc1N(C)C(=O)C1CC1. The Hall–Kier alpha value is -1.88. The third-order valence-electron chi connectivity index (χ3n) is 4.73. The van der Waals surface area contributed by atoms with Crippen molar-refractivity contribution < 1.29 is 14.7 Å². The summed E-state index contributed by atoms with van der Waals surface area (Å²) in [5.41, 5.74) is 1.15. The monoisotopic (exact) mass is 316 g/mol. The Labute approximate surface area is 136 Å². The van der Waals surface area contributed by atoms with E-state index in [2.05, 4.69) is 0 Å². The van der Waals surface area contributed by atoms with Crippen molar-refractivity contribution in [2.45, 2.75) is 31.8 Å². The second-order valence-electron chi connectivity index (χ2n) is 6.78. The Kier molecular flexibility index (Phi) is 4.39. The minimum absolute atomic E-state index is 0.0749. The molecule has 2 saturated carbocycles. The summed E-state index contributed by atoms with van der Waals surface area (Å²) in [5, 5.41) is 10.0. The first kappa shape index (κ1) is 16.0. The predicted molar refractivity (Wildman–Crippen MR) is 88.3 cm³/mol. The summed E-state index contributed by atoms with van der Waals surface area (Å²) >= 11 is 0. The van der Waals surface area contributed by atoms with Crippen LogP contribution in [0.2, 0.25) is 0 Å². The number of amides is 2. The third-order valence-corrected chi connectivity index (χ3v) is 4.73. The van der Waals surface area contributed by atoms with Crippen molar-refractivity contribution in [3.05, 3.63) is 29.8 Å². The van der Waals surface area contributed by atoms with E-state index in [9.17, 15) is 14.7 Å². The molecule has 1 unspecified atom stereocenters. The summed E-state index contributed by atoms with van der Waals surface area (Å²) in [6.45, 7) is 0.331. The van der Waals surface area contributed by atoms with Gasteiger partial charge in [-0.3, -0.25) is 9.59 Å². The Morgan fingerprint density at radius 1 is 1.17 bits per heavy atom. The van der Waals surface area contributed by atoms with E-state index in [0.717, 1.165) is 25.7 Å². The molecular formula is C18H24N2O3. The molecule has 0 radical (unpaired) electrons. The van der Waals surface area contributed by atoms with E-state index in [0.29, 0.717) is 23.7 Å². The van der Waals surface area contributed by atoms with Crippen molar-refractivity contribution in [1.82, 2.24) is 4.90 Å². The number of nitrogens with zero attached hydrogens (tertiary/aromatic N) is 2. The second-order valence-corrected chi connectivity index (χ2v) is 6.78. The predicted octanol–water partition coefficient (Wildman–Crippen LogP) is 1.90. The first-order chi connectivity index (χ1) is 11.0. The van der Waals surface area contributed by atoms with Gasteiger partial charge in [-0.25, -0.2) is 0 Å². The van der Waals surface area contributed by atoms with E-state index in [4.69, 9.17) is 0 Å². The van der Waals surface area contributed by atoms with Crippen LogP contribution in [0.1, 0.15) is 36.0 Å². The van der Waals surface area contributed by atoms with Gasteiger partial charge in [-0.15, -0.1) is 0 Å². The molecule has 2 aliphatic carbocycles. The van der Waals surface area contributed by atoms with Crippen LogP contribution in [-0.4, -0.2) is 48.6 Å². The average Bonchev–Trinajstić information content (AvgIpc) is 3.42. The van der Waals surface area contributed by atoms with Crippen LogP contribution in [0.3, 0.4) is 0 Å². The van der Waals surface area contributed by atoms with Gasteiger partial charge < -0.3 is 14.9 Å². The average molecular weight is 316 g/mol. The van der Waals surface area contributed by atoms with Crippen molar-refractivity contribution in [2.75, 3.05) is 25.5 Å². The zero-order valence-corrected chi connectivity index (χ0v) is 13.7. The molecule has 0 saturated heterocycles. The van der Waals surface area contributed by atoms with Crippen LogP contribution in [0.25, 0.3) is 0 Å². The normalized spacial score (nSPS) is 18.4. The summed E-state index contributed by atoms with van der Waals surface area (Å²) in [4.78, 5) is 28.2. The van der Waals surface area contributed by atoms with Gasteiger partial charge in [0.15, 0.2) is 0 Å². The number of aliphatic hydroxyl groups is 1. The topological polar surface area (TPSA) is 60.9 Å². The fourth-order valence-electron chi connectivity index (χ4n) is 2.87. The first-order valence-corrected chi connectivity index (χ1v) is 8.29. The summed E-state index contributed by atoms with van der Waals surface area (Å²) < 4.78 is 0. The minimum Gasteiger partial charge on any atom is -0.391 e. The fraction of sp³-hybridized carbons (Fsp3) is 0.556. The lowest BCUT2D eigenvalue weighted by atomic mass is 10.1. The molecule has 5 heteroatoms. The molecule has 2 fully saturated rings. The molecule has 0 aliphatic heterocycles. The molecule has 2 aliphatic rings. The molecule has 1 atom stereocenters. The molecule has 0 bridgehead atoms. The van der Waals surface area contributed by atoms with Crippen LogP contribution < -0.4 is 4.90 Å². The van der Waals surface area contributed by atoms with Gasteiger partial charge in [0.05, 0.1) is 17.4 Å². The highest BCUT2D eigenvalue weighted by molar-refractivity contribution is 6.05. The van der Waals surface area contributed by atoms with Gasteiger partial charge in [0.25, 0.3) is 5.91 Å². The van der Waals surface area contributed by atoms with Crippen LogP contribution in [0, 0.1) is 11.8 Å². The second kappa shape index (κ2) is 6.32. The number of hydrogen-bond donors (Lipinski definition) is 1. The molecule has 2 amide bonds. The number of hydrogen-bond acceptors (Lipinski definition) is 3. The number of aliphatic hydroxyl groups excluding tert-OH is 1. The van der Waals surface area contributed by atoms with E-state index in [1.807, 2.05) is 6.07 Å². The van der Waals surface area contributed by atoms with Crippen LogP contribution in [-0.2, 0) is 4.79 Å². The zero-order chi connectivity index (χ0) is 16.6. The van der Waals surface area contributed by atoms with Gasteiger partial charge in [-0.1, -0.05) is 12.1 Å². The first-order valence-electron chi connectivity index (χ1n) is 8.29. The molecule has 3 rings (SSSR count). The zero-order valence-electron chi connectivity index (χ0n) is 13.7. The van der Waals surface area contributed by atoms with E-state index < -0.39 is 6.10 Å². The molecule has 0 heterocycles. The van der Waals surface area contributed by atoms with Crippen molar-refractivity contribution in [3.8, 4) is 0 Å². The van der Waals surface area contributed by atoms with Crippen molar-refractivity contribution in [1.29, 1.82) is 0 Å². The standard InChI is InChI=1S/C18H24N2O3/c1-19(11-16(21)12-7-8-12)18(23)14-5-3-4-6-15(14)20(2)17(22)13-9-10-13/h3-6,12-13,16,21H,7-11H2,1-2H3. The van der Waals surface area contributed by atoms with Gasteiger partial charge in [-0.05, 0) is 43.7 Å². The smallest absolute Gasteiger partial charge is 0.255 e. The number of anilines is 1. The molecule has 0 spiro atoms. The molecule has 1 N–H and O–H groups in total. The fourth-order valence-corrected chi connectivity index (χ4v) is 2.87. The third kappa shape index (κ3) is 3.55. The minimum atomic E-state index is -0.457. The van der Waals surface area contributed by atoms with E-state index >= 15 is 0 Å². The van der Waals surface area contributed by atoms with Crippen LogP contribution >= 0.6 is 0 Å². The Morgan fingerprint density at radius 2 is 1.83 bits per heavy atom. The Bertz CT molecular complexity index is 608. The van der Waals surface area contributed by atoms with Gasteiger partial charge in [-0.2, -0.15) is 0 Å². The summed E-state index contributed by atoms with van der Waals surface area (Å²) in [5.74, 6) is 0.360. The highest BCUT2D eigenvalue weighted by atomic mass is 16.3. The van der Waals surface area contributed by atoms with E-state index in [1.54, 1.807) is 42.1 Å². The number of likely N-dealkylation sites (N-methyl/N-ethyl adjacent to an activating group) is 1. The number of carbonyl (C=O) groups excluding carboxylic acids is 2. The molecule has 0 aromatic heterocycles. The molecular weight excluding hydrogens is 292 g/mol. The summed E-state index contributed by atoms with van der Waals surface area (Å²) in [7, 11) is 3.43. The van der Waals surface area contributed by atoms with Crippen LogP contribution in [0.4, 0.5) is 5.69 Å². The summed E-state index contributed by atoms with van der Waals surface area (Å²) in [6.07, 6.45) is 3.50. The summed E-state index contributed by atoms with van der Waals surface area (Å²) in [6, 6.07) is 7.19. The van der Waals surface area contributed by atoms with E-state index in [1.165, 1.54) is 0 Å². The maximum absolute atomic E-state index is 12.7. The lowest BCUT2D eigenvalue weighted by molar-refractivity contribution is -0.119. The maximum Gasteiger partial charge on any atom is 0.255 e. The maximum atomic E-state index is 12.7. The lowest BCUT2D eigenvalue weighted by Gasteiger charge is -2.25. The highest BCUT2D eigenvalue weighted by Gasteiger charge is 2.34. The van der Waals surface area contributed by atoms with Crippen LogP contribution in [0.15, 0.2) is 24.3 Å².